The molecule has 0 aromatic carbocycles. The van der Waals surface area contributed by atoms with Gasteiger partial charge < -0.3 is 10.6 Å². The number of hydrogen-bond donors (Lipinski definition) is 2. The number of rotatable bonds is 5. The van der Waals surface area contributed by atoms with Gasteiger partial charge in [0.1, 0.15) is 0 Å². The Morgan fingerprint density at radius 2 is 2.35 bits per heavy atom. The van der Waals surface area contributed by atoms with Crippen molar-refractivity contribution >= 4 is 17.4 Å². The van der Waals surface area contributed by atoms with Crippen LogP contribution in [0.1, 0.15) is 36.3 Å². The third kappa shape index (κ3) is 3.57. The van der Waals surface area contributed by atoms with Gasteiger partial charge in [0.05, 0.1) is 29.0 Å². The van der Waals surface area contributed by atoms with Crippen LogP contribution in [-0.4, -0.2) is 20.8 Å². The van der Waals surface area contributed by atoms with E-state index >= 15 is 0 Å². The second-order valence-corrected chi connectivity index (χ2v) is 5.46. The van der Waals surface area contributed by atoms with Crippen LogP contribution in [0.4, 0.5) is 4.79 Å². The van der Waals surface area contributed by atoms with Crippen LogP contribution in [0.2, 0.25) is 0 Å². The van der Waals surface area contributed by atoms with Crippen LogP contribution in [-0.2, 0) is 20.0 Å². The fourth-order valence-corrected chi connectivity index (χ4v) is 2.59. The number of nitrogens with zero attached hydrogens (tertiary/aromatic N) is 3. The van der Waals surface area contributed by atoms with Gasteiger partial charge in [0.2, 0.25) is 0 Å². The molecular formula is C13H19N5OS. The molecule has 0 fully saturated rings. The lowest BCUT2D eigenvalue weighted by molar-refractivity contribution is 0.237. The van der Waals surface area contributed by atoms with Crippen LogP contribution in [0.15, 0.2) is 17.6 Å². The average molecular weight is 293 g/mol. The van der Waals surface area contributed by atoms with Gasteiger partial charge in [0.15, 0.2) is 0 Å². The maximum Gasteiger partial charge on any atom is 0.315 e. The summed E-state index contributed by atoms with van der Waals surface area (Å²) in [5, 5.41) is 12.8. The lowest BCUT2D eigenvalue weighted by Gasteiger charge is -2.12. The first-order valence-electron chi connectivity index (χ1n) is 6.55. The van der Waals surface area contributed by atoms with Crippen LogP contribution in [0.25, 0.3) is 0 Å². The third-order valence-corrected chi connectivity index (χ3v) is 4.03. The Balaban J connectivity index is 1.83. The predicted octanol–water partition coefficient (Wildman–Crippen LogP) is 2.00. The van der Waals surface area contributed by atoms with E-state index in [-0.39, 0.29) is 12.1 Å². The maximum absolute atomic E-state index is 11.8. The minimum atomic E-state index is -0.204. The highest BCUT2D eigenvalue weighted by Crippen LogP contribution is 2.16. The number of aromatic nitrogens is 3. The van der Waals surface area contributed by atoms with Gasteiger partial charge in [-0.1, -0.05) is 6.92 Å². The molecule has 0 bridgehead atoms. The number of carbonyl (C=O) groups excluding carboxylic acids is 1. The second kappa shape index (κ2) is 6.51. The molecule has 2 heterocycles. The van der Waals surface area contributed by atoms with Gasteiger partial charge in [0, 0.05) is 18.6 Å². The molecule has 0 radical (unpaired) electrons. The van der Waals surface area contributed by atoms with Crippen molar-refractivity contribution in [2.24, 2.45) is 7.05 Å². The zero-order valence-electron chi connectivity index (χ0n) is 11.9. The molecule has 2 amide bonds. The Hall–Kier alpha value is -1.89. The number of aryl methyl sites for hydroxylation is 2. The first kappa shape index (κ1) is 14.5. The highest BCUT2D eigenvalue weighted by molar-refractivity contribution is 7.09. The third-order valence-electron chi connectivity index (χ3n) is 3.02. The SMILES string of the molecule is CCc1nc([C@H](C)NC(=O)NCc2ccnn2C)cs1. The van der Waals surface area contributed by atoms with Crippen LogP contribution in [0, 0.1) is 0 Å². The fourth-order valence-electron chi connectivity index (χ4n) is 1.75. The second-order valence-electron chi connectivity index (χ2n) is 4.51. The van der Waals surface area contributed by atoms with Crippen molar-refractivity contribution in [2.45, 2.75) is 32.9 Å². The number of carbonyl (C=O) groups is 1. The summed E-state index contributed by atoms with van der Waals surface area (Å²) >= 11 is 1.62. The minimum absolute atomic E-state index is 0.0990. The Bertz CT molecular complexity index is 577. The Morgan fingerprint density at radius 3 is 2.95 bits per heavy atom. The van der Waals surface area contributed by atoms with E-state index in [0.717, 1.165) is 22.8 Å². The summed E-state index contributed by atoms with van der Waals surface area (Å²) in [7, 11) is 1.85. The van der Waals surface area contributed by atoms with Crippen LogP contribution >= 0.6 is 11.3 Å². The molecule has 2 aromatic rings. The monoisotopic (exact) mass is 293 g/mol. The fraction of sp³-hybridized carbons (Fsp3) is 0.462. The van der Waals surface area contributed by atoms with E-state index in [2.05, 4.69) is 27.6 Å². The van der Waals surface area contributed by atoms with Crippen LogP contribution in [0.5, 0.6) is 0 Å². The Labute approximate surface area is 122 Å². The molecule has 108 valence electrons. The number of amides is 2. The van der Waals surface area contributed by atoms with E-state index in [9.17, 15) is 4.79 Å². The van der Waals surface area contributed by atoms with E-state index in [1.54, 1.807) is 22.2 Å². The van der Waals surface area contributed by atoms with Crippen molar-refractivity contribution in [3.63, 3.8) is 0 Å². The molecule has 0 spiro atoms. The zero-order chi connectivity index (χ0) is 14.5. The Kier molecular flexibility index (Phi) is 4.73. The number of urea groups is 1. The van der Waals surface area contributed by atoms with Crippen molar-refractivity contribution in [2.75, 3.05) is 0 Å². The molecule has 2 rings (SSSR count). The first-order valence-corrected chi connectivity index (χ1v) is 7.43. The molecule has 2 N–H and O–H groups in total. The highest BCUT2D eigenvalue weighted by Gasteiger charge is 2.12. The number of hydrogen-bond acceptors (Lipinski definition) is 4. The normalized spacial score (nSPS) is 12.2. The van der Waals surface area contributed by atoms with E-state index in [1.807, 2.05) is 25.4 Å². The first-order chi connectivity index (χ1) is 9.60. The molecule has 20 heavy (non-hydrogen) atoms. The van der Waals surface area contributed by atoms with Gasteiger partial charge in [-0.2, -0.15) is 5.10 Å². The van der Waals surface area contributed by atoms with Crippen molar-refractivity contribution in [1.82, 2.24) is 25.4 Å². The molecule has 7 heteroatoms. The largest absolute Gasteiger partial charge is 0.333 e. The minimum Gasteiger partial charge on any atom is -0.333 e. The summed E-state index contributed by atoms with van der Waals surface area (Å²) in [4.78, 5) is 16.3. The van der Waals surface area contributed by atoms with Crippen LogP contribution in [0.3, 0.4) is 0 Å². The lowest BCUT2D eigenvalue weighted by atomic mass is 10.2. The molecule has 1 atom stereocenters. The highest BCUT2D eigenvalue weighted by atomic mass is 32.1. The molecule has 0 aliphatic carbocycles. The van der Waals surface area contributed by atoms with Crippen LogP contribution < -0.4 is 10.6 Å². The lowest BCUT2D eigenvalue weighted by Crippen LogP contribution is -2.37. The molecule has 0 aliphatic heterocycles. The molecule has 6 nitrogen and oxygen atoms in total. The quantitative estimate of drug-likeness (QED) is 0.885. The van der Waals surface area contributed by atoms with E-state index < -0.39 is 0 Å². The predicted molar refractivity (Wildman–Crippen MR) is 78.5 cm³/mol. The number of thiazole rings is 1. The van der Waals surface area contributed by atoms with Gasteiger partial charge in [-0.3, -0.25) is 4.68 Å². The van der Waals surface area contributed by atoms with Gasteiger partial charge in [-0.15, -0.1) is 11.3 Å². The van der Waals surface area contributed by atoms with Gasteiger partial charge in [-0.05, 0) is 19.4 Å². The summed E-state index contributed by atoms with van der Waals surface area (Å²) < 4.78 is 1.73. The molecule has 2 aromatic heterocycles. The molecule has 0 aliphatic rings. The topological polar surface area (TPSA) is 71.8 Å². The van der Waals surface area contributed by atoms with Crippen molar-refractivity contribution in [3.8, 4) is 0 Å². The molecule has 0 saturated heterocycles. The zero-order valence-corrected chi connectivity index (χ0v) is 12.7. The van der Waals surface area contributed by atoms with E-state index in [4.69, 9.17) is 0 Å². The standard InChI is InChI=1S/C13H19N5OS/c1-4-12-17-11(8-20-12)9(2)16-13(19)14-7-10-5-6-15-18(10)3/h5-6,8-9H,4,7H2,1-3H3,(H2,14,16,19)/t9-/m0/s1. The number of nitrogens with one attached hydrogen (secondary N) is 2. The van der Waals surface area contributed by atoms with Crippen molar-refractivity contribution in [3.05, 3.63) is 34.0 Å². The summed E-state index contributed by atoms with van der Waals surface area (Å²) in [6, 6.07) is 1.57. The molecule has 0 saturated carbocycles. The summed E-state index contributed by atoms with van der Waals surface area (Å²) in [6.45, 7) is 4.45. The van der Waals surface area contributed by atoms with Crippen molar-refractivity contribution in [1.29, 1.82) is 0 Å². The van der Waals surface area contributed by atoms with Gasteiger partial charge in [0.25, 0.3) is 0 Å². The summed E-state index contributed by atoms with van der Waals surface area (Å²) in [6.07, 6.45) is 2.63. The summed E-state index contributed by atoms with van der Waals surface area (Å²) in [5.74, 6) is 0. The summed E-state index contributed by atoms with van der Waals surface area (Å²) in [5.41, 5.74) is 1.86. The van der Waals surface area contributed by atoms with E-state index in [0.29, 0.717) is 6.54 Å². The van der Waals surface area contributed by atoms with Gasteiger partial charge >= 0.3 is 6.03 Å². The smallest absolute Gasteiger partial charge is 0.315 e. The van der Waals surface area contributed by atoms with Crippen molar-refractivity contribution < 1.29 is 4.79 Å². The van der Waals surface area contributed by atoms with Gasteiger partial charge in [-0.25, -0.2) is 9.78 Å². The molecule has 0 unspecified atom stereocenters. The Morgan fingerprint density at radius 1 is 1.55 bits per heavy atom. The molecular weight excluding hydrogens is 274 g/mol. The van der Waals surface area contributed by atoms with E-state index in [1.165, 1.54) is 0 Å². The maximum atomic E-state index is 11.8. The average Bonchev–Trinajstić information content (AvgIpc) is 3.05.